The van der Waals surface area contributed by atoms with Crippen molar-refractivity contribution in [3.63, 3.8) is 0 Å². The molecule has 0 aliphatic heterocycles. The molecule has 0 spiro atoms. The first kappa shape index (κ1) is 13.4. The Labute approximate surface area is 120 Å². The van der Waals surface area contributed by atoms with Crippen LogP contribution < -0.4 is 10.1 Å². The summed E-state index contributed by atoms with van der Waals surface area (Å²) in [4.78, 5) is 4.51. The Morgan fingerprint density at radius 3 is 2.80 bits per heavy atom. The van der Waals surface area contributed by atoms with Crippen molar-refractivity contribution < 1.29 is 4.74 Å². The third-order valence-electron chi connectivity index (χ3n) is 3.74. The lowest BCUT2D eigenvalue weighted by atomic mass is 10.1. The van der Waals surface area contributed by atoms with E-state index in [0.29, 0.717) is 6.04 Å². The molecule has 1 saturated carbocycles. The molecule has 1 heterocycles. The first-order valence-electron chi connectivity index (χ1n) is 7.61. The van der Waals surface area contributed by atoms with Crippen molar-refractivity contribution in [2.75, 3.05) is 6.61 Å². The minimum absolute atomic E-state index is 0.717. The molecule has 1 N–H and O–H groups in total. The van der Waals surface area contributed by atoms with Crippen molar-refractivity contribution in [1.82, 2.24) is 10.3 Å². The van der Waals surface area contributed by atoms with E-state index in [1.807, 2.05) is 6.20 Å². The molecule has 1 aliphatic rings. The summed E-state index contributed by atoms with van der Waals surface area (Å²) in [5.74, 6) is 0.768. The lowest BCUT2D eigenvalue weighted by Gasteiger charge is -2.11. The molecule has 0 atom stereocenters. The zero-order chi connectivity index (χ0) is 13.8. The number of fused-ring (bicyclic) bond motifs is 1. The van der Waals surface area contributed by atoms with Gasteiger partial charge in [-0.25, -0.2) is 4.98 Å². The predicted molar refractivity (Wildman–Crippen MR) is 82.0 cm³/mol. The fraction of sp³-hybridized carbons (Fsp3) is 0.471. The molecule has 0 unspecified atom stereocenters. The van der Waals surface area contributed by atoms with Gasteiger partial charge in [0.05, 0.1) is 6.61 Å². The summed E-state index contributed by atoms with van der Waals surface area (Å²) >= 11 is 0. The molecule has 106 valence electrons. The van der Waals surface area contributed by atoms with Crippen LogP contribution in [0.15, 0.2) is 30.5 Å². The van der Waals surface area contributed by atoms with Crippen LogP contribution in [0.4, 0.5) is 0 Å². The lowest BCUT2D eigenvalue weighted by molar-refractivity contribution is 0.301. The van der Waals surface area contributed by atoms with Gasteiger partial charge in [0.2, 0.25) is 5.88 Å². The van der Waals surface area contributed by atoms with E-state index in [4.69, 9.17) is 4.74 Å². The number of ether oxygens (including phenoxy) is 1. The number of aromatic nitrogens is 1. The quantitative estimate of drug-likeness (QED) is 0.780. The minimum Gasteiger partial charge on any atom is -0.477 e. The molecular formula is C17H22N2O. The smallest absolute Gasteiger partial charge is 0.221 e. The maximum atomic E-state index is 5.82. The predicted octanol–water partition coefficient (Wildman–Crippen LogP) is 3.67. The van der Waals surface area contributed by atoms with Gasteiger partial charge < -0.3 is 10.1 Å². The van der Waals surface area contributed by atoms with Crippen LogP contribution in [0.3, 0.4) is 0 Å². The van der Waals surface area contributed by atoms with E-state index in [1.54, 1.807) is 0 Å². The monoisotopic (exact) mass is 270 g/mol. The van der Waals surface area contributed by atoms with E-state index in [0.717, 1.165) is 37.3 Å². The molecule has 1 aromatic carbocycles. The number of unbranched alkanes of at least 4 members (excludes halogenated alkanes) is 1. The van der Waals surface area contributed by atoms with E-state index in [9.17, 15) is 0 Å². The van der Waals surface area contributed by atoms with Crippen molar-refractivity contribution in [2.24, 2.45) is 0 Å². The van der Waals surface area contributed by atoms with Crippen molar-refractivity contribution >= 4 is 10.8 Å². The van der Waals surface area contributed by atoms with Gasteiger partial charge in [0, 0.05) is 24.2 Å². The van der Waals surface area contributed by atoms with Crippen LogP contribution in [0, 0.1) is 0 Å². The van der Waals surface area contributed by atoms with Gasteiger partial charge in [-0.3, -0.25) is 0 Å². The number of nitrogens with zero attached hydrogens (tertiary/aromatic N) is 1. The van der Waals surface area contributed by atoms with Gasteiger partial charge in [0.25, 0.3) is 0 Å². The highest BCUT2D eigenvalue weighted by molar-refractivity contribution is 5.89. The maximum Gasteiger partial charge on any atom is 0.221 e. The molecule has 3 heteroatoms. The molecule has 20 heavy (non-hydrogen) atoms. The summed E-state index contributed by atoms with van der Waals surface area (Å²) in [6, 6.07) is 9.11. The average molecular weight is 270 g/mol. The standard InChI is InChI=1S/C17H22N2O/c1-2-3-10-20-17-16-7-5-4-6-15(16)13(12-19-17)11-18-14-8-9-14/h4-7,12,14,18H,2-3,8-11H2,1H3. The van der Waals surface area contributed by atoms with Gasteiger partial charge >= 0.3 is 0 Å². The third-order valence-corrected chi connectivity index (χ3v) is 3.74. The van der Waals surface area contributed by atoms with Gasteiger partial charge in [0.15, 0.2) is 0 Å². The normalized spacial score (nSPS) is 14.7. The lowest BCUT2D eigenvalue weighted by Crippen LogP contribution is -2.15. The third kappa shape index (κ3) is 3.10. The SMILES string of the molecule is CCCCOc1ncc(CNC2CC2)c2ccccc12. The van der Waals surface area contributed by atoms with Gasteiger partial charge in [0.1, 0.15) is 0 Å². The molecule has 0 saturated heterocycles. The molecule has 1 aromatic heterocycles. The number of hydrogen-bond donors (Lipinski definition) is 1. The molecule has 3 rings (SSSR count). The van der Waals surface area contributed by atoms with E-state index in [1.165, 1.54) is 23.8 Å². The zero-order valence-corrected chi connectivity index (χ0v) is 12.1. The molecule has 0 bridgehead atoms. The van der Waals surface area contributed by atoms with E-state index in [-0.39, 0.29) is 0 Å². The second-order valence-corrected chi connectivity index (χ2v) is 5.49. The fourth-order valence-electron chi connectivity index (χ4n) is 2.34. The Kier molecular flexibility index (Phi) is 4.16. The van der Waals surface area contributed by atoms with Crippen molar-refractivity contribution in [3.05, 3.63) is 36.0 Å². The van der Waals surface area contributed by atoms with Crippen LogP contribution in [0.25, 0.3) is 10.8 Å². The highest BCUT2D eigenvalue weighted by atomic mass is 16.5. The Morgan fingerprint density at radius 1 is 1.25 bits per heavy atom. The summed E-state index contributed by atoms with van der Waals surface area (Å²) in [7, 11) is 0. The van der Waals surface area contributed by atoms with E-state index >= 15 is 0 Å². The summed E-state index contributed by atoms with van der Waals surface area (Å²) in [5, 5.41) is 5.93. The van der Waals surface area contributed by atoms with Crippen LogP contribution in [-0.4, -0.2) is 17.6 Å². The van der Waals surface area contributed by atoms with Crippen LogP contribution in [-0.2, 0) is 6.54 Å². The second kappa shape index (κ2) is 6.23. The van der Waals surface area contributed by atoms with Crippen LogP contribution >= 0.6 is 0 Å². The molecule has 0 radical (unpaired) electrons. The molecule has 3 nitrogen and oxygen atoms in total. The fourth-order valence-corrected chi connectivity index (χ4v) is 2.34. The second-order valence-electron chi connectivity index (χ2n) is 5.49. The number of nitrogens with one attached hydrogen (secondary N) is 1. The maximum absolute atomic E-state index is 5.82. The first-order valence-corrected chi connectivity index (χ1v) is 7.61. The Bertz CT molecular complexity index is 578. The highest BCUT2D eigenvalue weighted by Gasteiger charge is 2.20. The molecular weight excluding hydrogens is 248 g/mol. The van der Waals surface area contributed by atoms with E-state index < -0.39 is 0 Å². The number of benzene rings is 1. The molecule has 2 aromatic rings. The highest BCUT2D eigenvalue weighted by Crippen LogP contribution is 2.27. The van der Waals surface area contributed by atoms with Gasteiger partial charge in [-0.05, 0) is 36.3 Å². The Hall–Kier alpha value is -1.61. The van der Waals surface area contributed by atoms with Crippen molar-refractivity contribution in [2.45, 2.75) is 45.2 Å². The van der Waals surface area contributed by atoms with E-state index in [2.05, 4.69) is 41.5 Å². The number of rotatable bonds is 7. The van der Waals surface area contributed by atoms with Crippen molar-refractivity contribution in [3.8, 4) is 5.88 Å². The largest absolute Gasteiger partial charge is 0.477 e. The summed E-state index contributed by atoms with van der Waals surface area (Å²) < 4.78 is 5.82. The average Bonchev–Trinajstić information content (AvgIpc) is 3.30. The number of hydrogen-bond acceptors (Lipinski definition) is 3. The van der Waals surface area contributed by atoms with Gasteiger partial charge in [-0.2, -0.15) is 0 Å². The molecule has 0 amide bonds. The topological polar surface area (TPSA) is 34.1 Å². The van der Waals surface area contributed by atoms with Gasteiger partial charge in [-0.15, -0.1) is 0 Å². The van der Waals surface area contributed by atoms with Crippen LogP contribution in [0.2, 0.25) is 0 Å². The van der Waals surface area contributed by atoms with Crippen molar-refractivity contribution in [1.29, 1.82) is 0 Å². The summed E-state index contributed by atoms with van der Waals surface area (Å²) in [6.45, 7) is 3.81. The first-order chi connectivity index (χ1) is 9.88. The number of pyridine rings is 1. The summed E-state index contributed by atoms with van der Waals surface area (Å²) in [5.41, 5.74) is 1.26. The zero-order valence-electron chi connectivity index (χ0n) is 12.1. The molecule has 1 aliphatic carbocycles. The molecule has 1 fully saturated rings. The Morgan fingerprint density at radius 2 is 2.05 bits per heavy atom. The van der Waals surface area contributed by atoms with Crippen LogP contribution in [0.5, 0.6) is 5.88 Å². The Balaban J connectivity index is 1.83. The summed E-state index contributed by atoms with van der Waals surface area (Å²) in [6.07, 6.45) is 6.79. The van der Waals surface area contributed by atoms with Crippen LogP contribution in [0.1, 0.15) is 38.2 Å². The minimum atomic E-state index is 0.717. The van der Waals surface area contributed by atoms with Gasteiger partial charge in [-0.1, -0.05) is 31.5 Å².